The Labute approximate surface area is 104 Å². The number of carboxylic acid groups (broad SMARTS) is 1. The number of hydrogen-bond donors (Lipinski definition) is 1. The highest BCUT2D eigenvalue weighted by Gasteiger charge is 2.24. The largest absolute Gasteiger partial charge is 0.480 e. The molecule has 0 amide bonds. The number of hydrogen-bond acceptors (Lipinski definition) is 1. The van der Waals surface area contributed by atoms with Crippen molar-refractivity contribution in [1.29, 1.82) is 0 Å². The molecule has 14 heavy (non-hydrogen) atoms. The van der Waals surface area contributed by atoms with E-state index in [9.17, 15) is 4.79 Å². The predicted octanol–water partition coefficient (Wildman–Crippen LogP) is 3.62. The Morgan fingerprint density at radius 3 is 2.21 bits per heavy atom. The van der Waals surface area contributed by atoms with Gasteiger partial charge >= 0.3 is 5.97 Å². The lowest BCUT2D eigenvalue weighted by molar-refractivity contribution is -0.136. The second-order valence-electron chi connectivity index (χ2n) is 2.69. The van der Waals surface area contributed by atoms with Gasteiger partial charge < -0.3 is 5.11 Å². The van der Waals surface area contributed by atoms with E-state index in [2.05, 4.69) is 31.9 Å². The number of alkyl halides is 2. The third-order valence-corrected chi connectivity index (χ3v) is 4.62. The van der Waals surface area contributed by atoms with Gasteiger partial charge in [-0.1, -0.05) is 55.6 Å². The van der Waals surface area contributed by atoms with Gasteiger partial charge in [0.1, 0.15) is 4.83 Å². The van der Waals surface area contributed by atoms with E-state index in [0.29, 0.717) is 5.02 Å². The zero-order valence-electron chi connectivity index (χ0n) is 6.95. The van der Waals surface area contributed by atoms with Gasteiger partial charge in [-0.05, 0) is 17.7 Å². The fraction of sp³-hybridized carbons (Fsp3) is 0.222. The van der Waals surface area contributed by atoms with Crippen LogP contribution >= 0.6 is 43.5 Å². The van der Waals surface area contributed by atoms with E-state index in [1.165, 1.54) is 0 Å². The molecule has 76 valence electrons. The molecule has 0 saturated heterocycles. The summed E-state index contributed by atoms with van der Waals surface area (Å²) in [6, 6.07) is 7.04. The lowest BCUT2D eigenvalue weighted by Gasteiger charge is -2.12. The standard InChI is InChI=1S/C9H7Br2ClO2/c10-7(8(11)9(13)14)5-1-3-6(12)4-2-5/h1-4,7-8H,(H,13,14)/t7-,8+/m0/s1. The van der Waals surface area contributed by atoms with Gasteiger partial charge in [-0.3, -0.25) is 4.79 Å². The molecule has 0 unspecified atom stereocenters. The Hall–Kier alpha value is -0.0600. The van der Waals surface area contributed by atoms with Crippen molar-refractivity contribution >= 4 is 49.4 Å². The van der Waals surface area contributed by atoms with Crippen LogP contribution in [0, 0.1) is 0 Å². The van der Waals surface area contributed by atoms with Crippen LogP contribution in [0.4, 0.5) is 0 Å². The molecule has 0 aliphatic heterocycles. The Morgan fingerprint density at radius 1 is 1.29 bits per heavy atom. The molecule has 0 heterocycles. The number of halogens is 3. The van der Waals surface area contributed by atoms with Crippen LogP contribution in [-0.2, 0) is 4.79 Å². The molecule has 2 nitrogen and oxygen atoms in total. The minimum atomic E-state index is -0.901. The second kappa shape index (κ2) is 5.14. The summed E-state index contributed by atoms with van der Waals surface area (Å²) in [6.45, 7) is 0. The van der Waals surface area contributed by atoms with Gasteiger partial charge in [-0.2, -0.15) is 0 Å². The summed E-state index contributed by atoms with van der Waals surface area (Å²) in [5, 5.41) is 9.40. The van der Waals surface area contributed by atoms with E-state index >= 15 is 0 Å². The fourth-order valence-corrected chi connectivity index (χ4v) is 1.90. The van der Waals surface area contributed by atoms with Crippen LogP contribution in [0.2, 0.25) is 5.02 Å². The maximum Gasteiger partial charge on any atom is 0.318 e. The van der Waals surface area contributed by atoms with Crippen molar-refractivity contribution in [1.82, 2.24) is 0 Å². The zero-order valence-corrected chi connectivity index (χ0v) is 10.9. The Bertz CT molecular complexity index is 326. The molecule has 0 bridgehead atoms. The summed E-state index contributed by atoms with van der Waals surface area (Å²) in [5.74, 6) is -0.901. The van der Waals surface area contributed by atoms with Gasteiger partial charge in [-0.15, -0.1) is 0 Å². The van der Waals surface area contributed by atoms with E-state index in [0.717, 1.165) is 5.56 Å². The first-order valence-electron chi connectivity index (χ1n) is 3.79. The van der Waals surface area contributed by atoms with Crippen molar-refractivity contribution in [2.75, 3.05) is 0 Å². The van der Waals surface area contributed by atoms with Crippen LogP contribution < -0.4 is 0 Å². The van der Waals surface area contributed by atoms with E-state index in [-0.39, 0.29) is 4.83 Å². The average Bonchev–Trinajstić information content (AvgIpc) is 2.16. The molecule has 0 saturated carbocycles. The maximum atomic E-state index is 10.7. The van der Waals surface area contributed by atoms with E-state index < -0.39 is 10.8 Å². The normalized spacial score (nSPS) is 14.8. The quantitative estimate of drug-likeness (QED) is 0.852. The molecule has 0 fully saturated rings. The van der Waals surface area contributed by atoms with Crippen LogP contribution in [0.1, 0.15) is 10.4 Å². The van der Waals surface area contributed by atoms with Crippen LogP contribution in [-0.4, -0.2) is 15.9 Å². The smallest absolute Gasteiger partial charge is 0.318 e. The molecule has 0 aliphatic rings. The van der Waals surface area contributed by atoms with Crippen LogP contribution in [0.3, 0.4) is 0 Å². The minimum Gasteiger partial charge on any atom is -0.480 e. The molecule has 0 aromatic heterocycles. The summed E-state index contributed by atoms with van der Waals surface area (Å²) >= 11 is 12.1. The van der Waals surface area contributed by atoms with Crippen LogP contribution in [0.5, 0.6) is 0 Å². The number of carboxylic acids is 1. The monoisotopic (exact) mass is 340 g/mol. The molecule has 1 aromatic carbocycles. The van der Waals surface area contributed by atoms with Crippen molar-refractivity contribution in [3.05, 3.63) is 34.9 Å². The SMILES string of the molecule is O=C(O)[C@H](Br)[C@@H](Br)c1ccc(Cl)cc1. The van der Waals surface area contributed by atoms with Gasteiger partial charge in [0, 0.05) is 5.02 Å². The molecular formula is C9H7Br2ClO2. The summed E-state index contributed by atoms with van der Waals surface area (Å²) in [4.78, 5) is 9.76. The molecule has 0 aliphatic carbocycles. The highest BCUT2D eigenvalue weighted by atomic mass is 79.9. The summed E-state index contributed by atoms with van der Waals surface area (Å²) in [7, 11) is 0. The van der Waals surface area contributed by atoms with Gasteiger partial charge in [0.2, 0.25) is 0 Å². The molecular weight excluding hydrogens is 335 g/mol. The van der Waals surface area contributed by atoms with Gasteiger partial charge in [-0.25, -0.2) is 0 Å². The first kappa shape index (κ1) is 12.0. The van der Waals surface area contributed by atoms with Crippen molar-refractivity contribution in [3.8, 4) is 0 Å². The molecule has 1 N–H and O–H groups in total. The maximum absolute atomic E-state index is 10.7. The van der Waals surface area contributed by atoms with Crippen molar-refractivity contribution in [3.63, 3.8) is 0 Å². The Morgan fingerprint density at radius 2 is 1.79 bits per heavy atom. The average molecular weight is 342 g/mol. The number of benzene rings is 1. The fourth-order valence-electron chi connectivity index (χ4n) is 0.941. The highest BCUT2D eigenvalue weighted by Crippen LogP contribution is 2.31. The minimum absolute atomic E-state index is 0.266. The lowest BCUT2D eigenvalue weighted by atomic mass is 10.1. The third kappa shape index (κ3) is 2.97. The van der Waals surface area contributed by atoms with E-state index in [4.69, 9.17) is 16.7 Å². The molecule has 0 radical (unpaired) electrons. The van der Waals surface area contributed by atoms with Gasteiger partial charge in [0.15, 0.2) is 0 Å². The number of rotatable bonds is 3. The van der Waals surface area contributed by atoms with Crippen LogP contribution in [0.25, 0.3) is 0 Å². The van der Waals surface area contributed by atoms with E-state index in [1.807, 2.05) is 0 Å². The highest BCUT2D eigenvalue weighted by molar-refractivity contribution is 9.12. The first-order chi connectivity index (χ1) is 6.52. The topological polar surface area (TPSA) is 37.3 Å². The number of carbonyl (C=O) groups is 1. The predicted molar refractivity (Wildman–Crippen MR) is 63.5 cm³/mol. The van der Waals surface area contributed by atoms with Crippen LogP contribution in [0.15, 0.2) is 24.3 Å². The molecule has 2 atom stereocenters. The van der Waals surface area contributed by atoms with Gasteiger partial charge in [0.25, 0.3) is 0 Å². The lowest BCUT2D eigenvalue weighted by Crippen LogP contribution is -2.17. The first-order valence-corrected chi connectivity index (χ1v) is 5.99. The van der Waals surface area contributed by atoms with Crippen molar-refractivity contribution in [2.24, 2.45) is 0 Å². The molecule has 0 spiro atoms. The summed E-state index contributed by atoms with van der Waals surface area (Å²) in [5.41, 5.74) is 0.874. The molecule has 1 rings (SSSR count). The van der Waals surface area contributed by atoms with Crippen molar-refractivity contribution in [2.45, 2.75) is 9.65 Å². The van der Waals surface area contributed by atoms with Crippen molar-refractivity contribution < 1.29 is 9.90 Å². The Balaban J connectivity index is 2.84. The number of aliphatic carboxylic acids is 1. The third-order valence-electron chi connectivity index (χ3n) is 1.68. The zero-order chi connectivity index (χ0) is 10.7. The molecule has 5 heteroatoms. The van der Waals surface area contributed by atoms with Gasteiger partial charge in [0.05, 0.1) is 4.83 Å². The summed E-state index contributed by atoms with van der Waals surface area (Å²) < 4.78 is 0. The van der Waals surface area contributed by atoms with E-state index in [1.54, 1.807) is 24.3 Å². The second-order valence-corrected chi connectivity index (χ2v) is 5.10. The summed E-state index contributed by atoms with van der Waals surface area (Å²) in [6.07, 6.45) is 0. The Kier molecular flexibility index (Phi) is 4.41. The molecule has 1 aromatic rings.